The van der Waals surface area contributed by atoms with Crippen LogP contribution >= 0.6 is 0 Å². The van der Waals surface area contributed by atoms with Crippen LogP contribution in [-0.4, -0.2) is 9.55 Å². The number of nitrogens with zero attached hydrogens (tertiary/aromatic N) is 4. The van der Waals surface area contributed by atoms with Crippen LogP contribution < -0.4 is 14.5 Å². The SMILES string of the molecule is CC(C)(C)c1ccnc(-n2c3[c-]c(Oc4[c-]c(N5[CH-]N(c6ccccc6)c6c(-c7c(-c8ccccc8)cccc7-c7ccccc7)cccc65)ccc4)ccc3c3cc(C(C)(C)C)ccc32)c1.[Pt]. The number of para-hydroxylation sites is 2. The molecule has 0 N–H and O–H groups in total. The molecule has 0 aliphatic carbocycles. The number of hydrogen-bond donors (Lipinski definition) is 0. The van der Waals surface area contributed by atoms with Gasteiger partial charge in [-0.3, -0.25) is 0 Å². The molecule has 1 aliphatic heterocycles. The molecule has 0 radical (unpaired) electrons. The number of ether oxygens (including phenoxy) is 1. The number of anilines is 4. The van der Waals surface area contributed by atoms with E-state index < -0.39 is 0 Å². The van der Waals surface area contributed by atoms with Gasteiger partial charge in [-0.1, -0.05) is 168 Å². The molecule has 0 amide bonds. The molecule has 0 spiro atoms. The molecular formula is C62H51N4OPt-3. The number of rotatable bonds is 8. The quantitative estimate of drug-likeness (QED) is 0.142. The molecule has 0 atom stereocenters. The maximum Gasteiger partial charge on any atom is 0.135 e. The summed E-state index contributed by atoms with van der Waals surface area (Å²) in [5, 5.41) is 2.26. The number of aromatic nitrogens is 2. The topological polar surface area (TPSA) is 33.5 Å². The van der Waals surface area contributed by atoms with Gasteiger partial charge in [-0.25, -0.2) is 4.98 Å². The van der Waals surface area contributed by atoms with E-state index in [1.54, 1.807) is 0 Å². The smallest absolute Gasteiger partial charge is 0.135 e. The van der Waals surface area contributed by atoms with Gasteiger partial charge in [-0.05, 0) is 91.6 Å². The summed E-state index contributed by atoms with van der Waals surface area (Å²) in [5.74, 6) is 2.03. The van der Waals surface area contributed by atoms with Gasteiger partial charge >= 0.3 is 0 Å². The summed E-state index contributed by atoms with van der Waals surface area (Å²) in [4.78, 5) is 9.45. The van der Waals surface area contributed by atoms with E-state index in [2.05, 4.69) is 245 Å². The van der Waals surface area contributed by atoms with Crippen LogP contribution in [0.5, 0.6) is 11.5 Å². The molecule has 2 aromatic heterocycles. The minimum absolute atomic E-state index is 0. The second-order valence-corrected chi connectivity index (χ2v) is 19.4. The number of pyridine rings is 1. The monoisotopic (exact) mass is 1060 g/mol. The van der Waals surface area contributed by atoms with Crippen molar-refractivity contribution in [1.82, 2.24) is 9.55 Å². The van der Waals surface area contributed by atoms with E-state index in [0.29, 0.717) is 11.5 Å². The van der Waals surface area contributed by atoms with Crippen molar-refractivity contribution in [2.45, 2.75) is 52.4 Å². The predicted octanol–water partition coefficient (Wildman–Crippen LogP) is 16.6. The average molecular weight is 1060 g/mol. The predicted molar refractivity (Wildman–Crippen MR) is 278 cm³/mol. The third-order valence-corrected chi connectivity index (χ3v) is 12.9. The van der Waals surface area contributed by atoms with Crippen molar-refractivity contribution in [3.63, 3.8) is 0 Å². The Kier molecular flexibility index (Phi) is 11.7. The first-order chi connectivity index (χ1) is 32.5. The molecule has 3 heterocycles. The molecule has 11 rings (SSSR count). The third-order valence-electron chi connectivity index (χ3n) is 12.9. The number of benzene rings is 8. The molecule has 0 saturated carbocycles. The maximum absolute atomic E-state index is 6.75. The van der Waals surface area contributed by atoms with Crippen LogP contribution in [0, 0.1) is 18.8 Å². The van der Waals surface area contributed by atoms with Gasteiger partial charge in [0.05, 0.1) is 0 Å². The molecule has 68 heavy (non-hydrogen) atoms. The maximum atomic E-state index is 6.75. The first-order valence-corrected chi connectivity index (χ1v) is 23.0. The van der Waals surface area contributed by atoms with Crippen LogP contribution in [0.25, 0.3) is 61.0 Å². The standard InChI is InChI=1S/C62H51N4O.Pt/c1-61(2,3)44-31-34-55-54(37-44)52-33-32-49(40-57(52)66(55)58-38-45(35-36-63-58)62(4,5)6)67-48-26-16-25-47(39-48)64-41-65(46-23-14-9-15-24-46)60-53(29-18-30-56(60)64)59-50(42-19-10-7-11-20-42)27-17-28-51(59)43-21-12-8-13-22-43;/h7-38,41H,1-6H3;/q-3;. The summed E-state index contributed by atoms with van der Waals surface area (Å²) < 4.78 is 8.98. The van der Waals surface area contributed by atoms with Crippen molar-refractivity contribution in [2.24, 2.45) is 0 Å². The Morgan fingerprint density at radius 3 is 1.79 bits per heavy atom. The molecule has 10 aromatic rings. The van der Waals surface area contributed by atoms with Gasteiger partial charge in [0.2, 0.25) is 0 Å². The van der Waals surface area contributed by atoms with E-state index in [9.17, 15) is 0 Å². The van der Waals surface area contributed by atoms with Crippen molar-refractivity contribution in [1.29, 1.82) is 0 Å². The number of fused-ring (bicyclic) bond motifs is 4. The zero-order valence-electron chi connectivity index (χ0n) is 39.1. The van der Waals surface area contributed by atoms with Crippen LogP contribution in [-0.2, 0) is 31.9 Å². The minimum Gasteiger partial charge on any atom is -0.509 e. The van der Waals surface area contributed by atoms with Crippen molar-refractivity contribution in [3.8, 4) is 50.7 Å². The van der Waals surface area contributed by atoms with Gasteiger partial charge in [-0.15, -0.1) is 48.1 Å². The van der Waals surface area contributed by atoms with Crippen LogP contribution in [0.15, 0.2) is 194 Å². The molecule has 6 heteroatoms. The summed E-state index contributed by atoms with van der Waals surface area (Å²) in [5.41, 5.74) is 15.4. The molecule has 0 bridgehead atoms. The summed E-state index contributed by atoms with van der Waals surface area (Å²) >= 11 is 0. The Morgan fingerprint density at radius 2 is 1.12 bits per heavy atom. The molecule has 1 aliphatic rings. The van der Waals surface area contributed by atoms with Crippen molar-refractivity contribution < 1.29 is 25.8 Å². The van der Waals surface area contributed by atoms with Gasteiger partial charge in [0.1, 0.15) is 5.82 Å². The zero-order chi connectivity index (χ0) is 45.9. The van der Waals surface area contributed by atoms with Crippen molar-refractivity contribution in [3.05, 3.63) is 224 Å². The van der Waals surface area contributed by atoms with E-state index in [1.165, 1.54) is 27.8 Å². The Balaban J connectivity index is 0.00000539. The first-order valence-electron chi connectivity index (χ1n) is 23.0. The second kappa shape index (κ2) is 17.8. The molecular weight excluding hydrogens is 1010 g/mol. The minimum atomic E-state index is -0.0422. The van der Waals surface area contributed by atoms with Crippen molar-refractivity contribution in [2.75, 3.05) is 9.80 Å². The van der Waals surface area contributed by atoms with Gasteiger partial charge in [0.25, 0.3) is 0 Å². The molecule has 5 nitrogen and oxygen atoms in total. The Labute approximate surface area is 414 Å². The molecule has 338 valence electrons. The van der Waals surface area contributed by atoms with Gasteiger partial charge in [0, 0.05) is 66.9 Å². The fraction of sp³-hybridized carbons (Fsp3) is 0.129. The fourth-order valence-corrected chi connectivity index (χ4v) is 9.40. The van der Waals surface area contributed by atoms with Gasteiger partial charge in [0.15, 0.2) is 0 Å². The summed E-state index contributed by atoms with van der Waals surface area (Å²) in [6, 6.07) is 74.0. The largest absolute Gasteiger partial charge is 0.509 e. The summed E-state index contributed by atoms with van der Waals surface area (Å²) in [6.07, 6.45) is 1.91. The number of hydrogen-bond acceptors (Lipinski definition) is 4. The zero-order valence-corrected chi connectivity index (χ0v) is 41.3. The van der Waals surface area contributed by atoms with Gasteiger partial charge < -0.3 is 19.1 Å². The van der Waals surface area contributed by atoms with Crippen LogP contribution in [0.1, 0.15) is 52.7 Å². The Hall–Kier alpha value is -7.20. The van der Waals surface area contributed by atoms with E-state index in [0.717, 1.165) is 67.1 Å². The van der Waals surface area contributed by atoms with Gasteiger partial charge in [-0.2, -0.15) is 12.1 Å². The average Bonchev–Trinajstić information content (AvgIpc) is 3.90. The van der Waals surface area contributed by atoms with E-state index in [1.807, 2.05) is 24.4 Å². The Bertz CT molecular complexity index is 3380. The first kappa shape index (κ1) is 44.6. The molecule has 0 fully saturated rings. The van der Waals surface area contributed by atoms with E-state index in [4.69, 9.17) is 9.72 Å². The van der Waals surface area contributed by atoms with E-state index in [-0.39, 0.29) is 31.9 Å². The Morgan fingerprint density at radius 1 is 0.515 bits per heavy atom. The van der Waals surface area contributed by atoms with Crippen LogP contribution in [0.4, 0.5) is 22.7 Å². The fourth-order valence-electron chi connectivity index (χ4n) is 9.40. The third kappa shape index (κ3) is 8.20. The second-order valence-electron chi connectivity index (χ2n) is 19.4. The van der Waals surface area contributed by atoms with E-state index >= 15 is 0 Å². The van der Waals surface area contributed by atoms with Crippen LogP contribution in [0.3, 0.4) is 0 Å². The summed E-state index contributed by atoms with van der Waals surface area (Å²) in [7, 11) is 0. The molecule has 8 aromatic carbocycles. The summed E-state index contributed by atoms with van der Waals surface area (Å²) in [6.45, 7) is 15.7. The van der Waals surface area contributed by atoms with Crippen LogP contribution in [0.2, 0.25) is 0 Å². The normalized spacial score (nSPS) is 12.6. The molecule has 0 unspecified atom stereocenters. The van der Waals surface area contributed by atoms with Crippen molar-refractivity contribution >= 4 is 44.6 Å². The molecule has 0 saturated heterocycles.